The van der Waals surface area contributed by atoms with E-state index in [1.54, 1.807) is 6.07 Å². The van der Waals surface area contributed by atoms with E-state index in [1.165, 1.54) is 6.07 Å². The van der Waals surface area contributed by atoms with E-state index < -0.39 is 0 Å². The maximum absolute atomic E-state index is 13.9. The lowest BCUT2D eigenvalue weighted by Crippen LogP contribution is -2.35. The molecule has 0 saturated carbocycles. The zero-order valence-corrected chi connectivity index (χ0v) is 13.0. The van der Waals surface area contributed by atoms with Gasteiger partial charge in [-0.15, -0.1) is 0 Å². The molecule has 0 fully saturated rings. The van der Waals surface area contributed by atoms with Gasteiger partial charge >= 0.3 is 0 Å². The van der Waals surface area contributed by atoms with Crippen LogP contribution in [-0.2, 0) is 19.3 Å². The monoisotopic (exact) mass is 344 g/mol. The van der Waals surface area contributed by atoms with E-state index in [2.05, 4.69) is 15.9 Å². The number of rotatable bonds is 0. The first-order valence-electron chi connectivity index (χ1n) is 7.19. The van der Waals surface area contributed by atoms with Crippen LogP contribution in [-0.4, -0.2) is 5.78 Å². The summed E-state index contributed by atoms with van der Waals surface area (Å²) in [6.45, 7) is 0. The number of fused-ring (bicyclic) bond motifs is 2. The van der Waals surface area contributed by atoms with Crippen molar-refractivity contribution in [1.82, 2.24) is 0 Å². The van der Waals surface area contributed by atoms with Crippen LogP contribution in [0.3, 0.4) is 0 Å². The third-order valence-corrected chi connectivity index (χ3v) is 5.42. The Morgan fingerprint density at radius 2 is 1.90 bits per heavy atom. The smallest absolute Gasteiger partial charge is 0.169 e. The summed E-state index contributed by atoms with van der Waals surface area (Å²) in [5, 5.41) is 0. The molecule has 0 N–H and O–H groups in total. The summed E-state index contributed by atoms with van der Waals surface area (Å²) in [4.78, 5) is 12.9. The highest BCUT2D eigenvalue weighted by molar-refractivity contribution is 9.10. The van der Waals surface area contributed by atoms with Crippen molar-refractivity contribution in [2.75, 3.05) is 0 Å². The second kappa shape index (κ2) is 4.51. The number of halogens is 2. The largest absolute Gasteiger partial charge is 0.294 e. The molecule has 3 heteroatoms. The third kappa shape index (κ3) is 1.90. The second-order valence-electron chi connectivity index (χ2n) is 6.14. The van der Waals surface area contributed by atoms with Crippen LogP contribution in [0.4, 0.5) is 4.39 Å². The minimum Gasteiger partial charge on any atom is -0.294 e. The van der Waals surface area contributed by atoms with Crippen LogP contribution in [0.2, 0.25) is 0 Å². The highest BCUT2D eigenvalue weighted by atomic mass is 79.9. The zero-order valence-electron chi connectivity index (χ0n) is 11.5. The van der Waals surface area contributed by atoms with Crippen LogP contribution < -0.4 is 0 Å². The lowest BCUT2D eigenvalue weighted by Gasteiger charge is -2.33. The average Bonchev–Trinajstić information content (AvgIpc) is 2.72. The van der Waals surface area contributed by atoms with Gasteiger partial charge in [0.15, 0.2) is 5.78 Å². The van der Waals surface area contributed by atoms with E-state index in [9.17, 15) is 9.18 Å². The van der Waals surface area contributed by atoms with Crippen LogP contribution in [0, 0.1) is 11.2 Å². The van der Waals surface area contributed by atoms with Gasteiger partial charge < -0.3 is 0 Å². The highest BCUT2D eigenvalue weighted by Gasteiger charge is 2.47. The van der Waals surface area contributed by atoms with Gasteiger partial charge in [0.25, 0.3) is 0 Å². The Labute approximate surface area is 131 Å². The summed E-state index contributed by atoms with van der Waals surface area (Å²) >= 11 is 3.44. The highest BCUT2D eigenvalue weighted by Crippen LogP contribution is 2.46. The summed E-state index contributed by atoms with van der Waals surface area (Å²) < 4.78 is 14.8. The molecule has 0 saturated heterocycles. The number of Topliss-reactive ketones (excluding diaryl/α,β-unsaturated/α-hetero) is 1. The molecular weight excluding hydrogens is 331 g/mol. The lowest BCUT2D eigenvalue weighted by molar-refractivity contribution is 0.0793. The number of benzene rings is 2. The topological polar surface area (TPSA) is 17.1 Å². The molecule has 1 atom stereocenters. The van der Waals surface area contributed by atoms with Gasteiger partial charge in [0.05, 0.1) is 0 Å². The Kier molecular flexibility index (Phi) is 2.83. The summed E-state index contributed by atoms with van der Waals surface area (Å²) in [6.07, 6.45) is 2.84. The standard InChI is InChI=1S/C18H14BrFO/c19-13-5-4-12-10-18(17(21)15(12)8-13)7-6-14-11(9-18)2-1-3-16(14)20/h1-5,8H,6-7,9-10H2. The van der Waals surface area contributed by atoms with Crippen LogP contribution in [0.25, 0.3) is 0 Å². The van der Waals surface area contributed by atoms with Crippen molar-refractivity contribution < 1.29 is 9.18 Å². The van der Waals surface area contributed by atoms with Crippen molar-refractivity contribution in [3.63, 3.8) is 0 Å². The SMILES string of the molecule is O=C1c2cc(Br)ccc2CC12CCc1c(F)cccc1C2. The lowest BCUT2D eigenvalue weighted by atomic mass is 9.69. The Morgan fingerprint density at radius 3 is 2.76 bits per heavy atom. The van der Waals surface area contributed by atoms with Gasteiger partial charge in [0.1, 0.15) is 5.82 Å². The molecule has 1 nitrogen and oxygen atoms in total. The zero-order chi connectivity index (χ0) is 14.6. The maximum Gasteiger partial charge on any atom is 0.169 e. The number of ketones is 1. The van der Waals surface area contributed by atoms with Crippen molar-refractivity contribution in [3.05, 3.63) is 68.9 Å². The predicted molar refractivity (Wildman–Crippen MR) is 83.0 cm³/mol. The molecule has 2 aromatic rings. The fraction of sp³-hybridized carbons (Fsp3) is 0.278. The van der Waals surface area contributed by atoms with Gasteiger partial charge in [0, 0.05) is 15.5 Å². The Balaban J connectivity index is 1.77. The maximum atomic E-state index is 13.9. The Bertz CT molecular complexity index is 768. The van der Waals surface area contributed by atoms with Crippen molar-refractivity contribution in [1.29, 1.82) is 0 Å². The number of hydrogen-bond acceptors (Lipinski definition) is 1. The van der Waals surface area contributed by atoms with E-state index in [-0.39, 0.29) is 17.0 Å². The van der Waals surface area contributed by atoms with Crippen molar-refractivity contribution in [3.8, 4) is 0 Å². The fourth-order valence-electron chi connectivity index (χ4n) is 3.86. The van der Waals surface area contributed by atoms with Crippen LogP contribution in [0.1, 0.15) is 33.5 Å². The Morgan fingerprint density at radius 1 is 1.10 bits per heavy atom. The van der Waals surface area contributed by atoms with Gasteiger partial charge in [-0.2, -0.15) is 0 Å². The number of hydrogen-bond donors (Lipinski definition) is 0. The van der Waals surface area contributed by atoms with Gasteiger partial charge in [0.2, 0.25) is 0 Å². The predicted octanol–water partition coefficient (Wildman–Crippen LogP) is 4.50. The minimum absolute atomic E-state index is 0.131. The van der Waals surface area contributed by atoms with Crippen molar-refractivity contribution >= 4 is 21.7 Å². The van der Waals surface area contributed by atoms with Crippen LogP contribution in [0.15, 0.2) is 40.9 Å². The minimum atomic E-state index is -0.357. The molecule has 2 aromatic carbocycles. The first-order valence-corrected chi connectivity index (χ1v) is 7.98. The summed E-state index contributed by atoms with van der Waals surface area (Å²) in [7, 11) is 0. The number of carbonyl (C=O) groups excluding carboxylic acids is 1. The quantitative estimate of drug-likeness (QED) is 0.687. The number of carbonyl (C=O) groups is 1. The second-order valence-corrected chi connectivity index (χ2v) is 7.06. The molecule has 2 aliphatic carbocycles. The summed E-state index contributed by atoms with van der Waals surface area (Å²) in [6, 6.07) is 11.2. The van der Waals surface area contributed by atoms with Gasteiger partial charge in [-0.25, -0.2) is 4.39 Å². The van der Waals surface area contributed by atoms with Crippen molar-refractivity contribution in [2.24, 2.45) is 5.41 Å². The van der Waals surface area contributed by atoms with E-state index in [0.29, 0.717) is 12.8 Å². The van der Waals surface area contributed by atoms with E-state index in [0.717, 1.165) is 39.6 Å². The molecule has 4 rings (SSSR count). The molecule has 2 aliphatic rings. The van der Waals surface area contributed by atoms with Crippen LogP contribution >= 0.6 is 15.9 Å². The van der Waals surface area contributed by atoms with E-state index in [4.69, 9.17) is 0 Å². The molecule has 0 aliphatic heterocycles. The molecular formula is C18H14BrFO. The molecule has 0 amide bonds. The molecule has 1 spiro atoms. The molecule has 0 bridgehead atoms. The van der Waals surface area contributed by atoms with Gasteiger partial charge in [-0.1, -0.05) is 34.1 Å². The van der Waals surface area contributed by atoms with Crippen LogP contribution in [0.5, 0.6) is 0 Å². The first-order chi connectivity index (χ1) is 10.1. The van der Waals surface area contributed by atoms with E-state index in [1.807, 2.05) is 24.3 Å². The molecule has 0 radical (unpaired) electrons. The molecule has 0 heterocycles. The van der Waals surface area contributed by atoms with Crippen molar-refractivity contribution in [2.45, 2.75) is 25.7 Å². The first kappa shape index (κ1) is 13.2. The summed E-state index contributed by atoms with van der Waals surface area (Å²) in [5.41, 5.74) is 3.41. The molecule has 21 heavy (non-hydrogen) atoms. The molecule has 106 valence electrons. The molecule has 0 aromatic heterocycles. The fourth-order valence-corrected chi connectivity index (χ4v) is 4.22. The molecule has 1 unspecified atom stereocenters. The third-order valence-electron chi connectivity index (χ3n) is 4.93. The normalized spacial score (nSPS) is 23.2. The average molecular weight is 345 g/mol. The Hall–Kier alpha value is -1.48. The summed E-state index contributed by atoms with van der Waals surface area (Å²) in [5.74, 6) is 0.0989. The van der Waals surface area contributed by atoms with Gasteiger partial charge in [-0.05, 0) is 60.6 Å². The van der Waals surface area contributed by atoms with Gasteiger partial charge in [-0.3, -0.25) is 4.79 Å². The van der Waals surface area contributed by atoms with E-state index >= 15 is 0 Å².